The number of benzene rings is 6. The van der Waals surface area contributed by atoms with Crippen molar-refractivity contribution < 1.29 is 13.7 Å². The molecule has 0 atom stereocenters. The number of hydrogen-bond donors (Lipinski definition) is 0. The van der Waals surface area contributed by atoms with Crippen LogP contribution in [0.25, 0.3) is 65.4 Å². The normalized spacial score (nSPS) is 16.0. The number of rotatable bonds is 2. The predicted octanol–water partition coefficient (Wildman–Crippen LogP) is 10.0. The molecule has 0 radical (unpaired) electrons. The molecule has 1 aliphatic heterocycles. The Morgan fingerprint density at radius 2 is 0.976 bits per heavy atom. The van der Waals surface area contributed by atoms with Gasteiger partial charge in [0, 0.05) is 10.8 Å². The second-order valence-corrected chi connectivity index (χ2v) is 12.0. The Hall–Kier alpha value is -4.12. The standard InChI is InChI=1S/C36H29BO3.C2H6/c1-35(2)36(3,4)40-37(39-35)31-14-9-15-33-34(31)30-21-23(17-19-32(30)38-33)22-16-18-28-26-12-6-5-10-24(26)25-11-7-8-13-27(25)29(28)20-22;1-2/h5-21H,1-4H3;1-2H3. The van der Waals surface area contributed by atoms with Gasteiger partial charge in [-0.25, -0.2) is 0 Å². The first-order valence-corrected chi connectivity index (χ1v) is 15.0. The van der Waals surface area contributed by atoms with Crippen molar-refractivity contribution in [2.24, 2.45) is 0 Å². The van der Waals surface area contributed by atoms with Crippen molar-refractivity contribution in [3.63, 3.8) is 0 Å². The van der Waals surface area contributed by atoms with E-state index in [1.165, 1.54) is 37.9 Å². The third kappa shape index (κ3) is 3.97. The van der Waals surface area contributed by atoms with Crippen molar-refractivity contribution in [2.45, 2.75) is 52.7 Å². The van der Waals surface area contributed by atoms with Crippen molar-refractivity contribution in [3.05, 3.63) is 103 Å². The minimum atomic E-state index is -0.460. The lowest BCUT2D eigenvalue weighted by Gasteiger charge is -2.32. The Balaban J connectivity index is 0.00000141. The third-order valence-corrected chi connectivity index (χ3v) is 9.11. The molecule has 0 amide bonds. The first-order chi connectivity index (χ1) is 20.3. The lowest BCUT2D eigenvalue weighted by molar-refractivity contribution is 0.00578. The minimum absolute atomic E-state index is 0.414. The van der Waals surface area contributed by atoms with Gasteiger partial charge in [-0.1, -0.05) is 92.7 Å². The highest BCUT2D eigenvalue weighted by atomic mass is 16.7. The molecule has 0 N–H and O–H groups in total. The molecule has 1 aliphatic rings. The molecule has 0 unspecified atom stereocenters. The van der Waals surface area contributed by atoms with E-state index in [0.29, 0.717) is 0 Å². The van der Waals surface area contributed by atoms with Crippen LogP contribution in [0.5, 0.6) is 0 Å². The molecule has 42 heavy (non-hydrogen) atoms. The highest BCUT2D eigenvalue weighted by molar-refractivity contribution is 6.66. The molecule has 208 valence electrons. The molecule has 0 bridgehead atoms. The summed E-state index contributed by atoms with van der Waals surface area (Å²) in [7, 11) is -0.460. The summed E-state index contributed by atoms with van der Waals surface area (Å²) in [6, 6.07) is 36.9. The zero-order chi connectivity index (χ0) is 29.2. The first kappa shape index (κ1) is 26.8. The van der Waals surface area contributed by atoms with Crippen LogP contribution in [0.4, 0.5) is 0 Å². The van der Waals surface area contributed by atoms with Crippen molar-refractivity contribution >= 4 is 66.8 Å². The molecule has 2 heterocycles. The first-order valence-electron chi connectivity index (χ1n) is 15.0. The van der Waals surface area contributed by atoms with Gasteiger partial charge in [0.25, 0.3) is 0 Å². The maximum atomic E-state index is 6.45. The topological polar surface area (TPSA) is 31.6 Å². The van der Waals surface area contributed by atoms with E-state index in [4.69, 9.17) is 13.7 Å². The Kier molecular flexibility index (Phi) is 6.20. The Bertz CT molecular complexity index is 2090. The van der Waals surface area contributed by atoms with E-state index in [9.17, 15) is 0 Å². The fourth-order valence-corrected chi connectivity index (χ4v) is 6.29. The van der Waals surface area contributed by atoms with E-state index in [0.717, 1.165) is 33.0 Å². The lowest BCUT2D eigenvalue weighted by atomic mass is 9.76. The summed E-state index contributed by atoms with van der Waals surface area (Å²) in [4.78, 5) is 0. The van der Waals surface area contributed by atoms with Crippen molar-refractivity contribution in [2.75, 3.05) is 0 Å². The molecule has 0 spiro atoms. The van der Waals surface area contributed by atoms with E-state index >= 15 is 0 Å². The largest absolute Gasteiger partial charge is 0.495 e. The molecule has 7 aromatic rings. The van der Waals surface area contributed by atoms with Gasteiger partial charge in [-0.2, -0.15) is 0 Å². The minimum Gasteiger partial charge on any atom is -0.456 e. The van der Waals surface area contributed by atoms with Gasteiger partial charge in [0.05, 0.1) is 11.2 Å². The molecular formula is C38H35BO3. The molecule has 1 saturated heterocycles. The number of fused-ring (bicyclic) bond motifs is 9. The van der Waals surface area contributed by atoms with E-state index in [1.54, 1.807) is 0 Å². The second-order valence-electron chi connectivity index (χ2n) is 12.0. The summed E-state index contributed by atoms with van der Waals surface area (Å²) in [6.07, 6.45) is 0. The monoisotopic (exact) mass is 550 g/mol. The summed E-state index contributed by atoms with van der Waals surface area (Å²) in [5.41, 5.74) is 4.21. The van der Waals surface area contributed by atoms with Crippen LogP contribution >= 0.6 is 0 Å². The van der Waals surface area contributed by atoms with Crippen LogP contribution < -0.4 is 5.46 Å². The average molecular weight is 551 g/mol. The Morgan fingerprint density at radius 1 is 0.476 bits per heavy atom. The van der Waals surface area contributed by atoms with Gasteiger partial charge in [0.15, 0.2) is 0 Å². The summed E-state index contributed by atoms with van der Waals surface area (Å²) in [5, 5.41) is 9.79. The van der Waals surface area contributed by atoms with Crippen LogP contribution in [-0.4, -0.2) is 18.3 Å². The SMILES string of the molecule is CC.CC1(C)OB(c2cccc3oc4ccc(-c5ccc6c7ccccc7c7ccccc7c6c5)cc4c23)OC1(C)C. The van der Waals surface area contributed by atoms with E-state index in [-0.39, 0.29) is 0 Å². The second kappa shape index (κ2) is 9.73. The van der Waals surface area contributed by atoms with Crippen LogP contribution in [0.1, 0.15) is 41.5 Å². The zero-order valence-electron chi connectivity index (χ0n) is 25.1. The summed E-state index contributed by atoms with van der Waals surface area (Å²) in [6.45, 7) is 12.4. The quantitative estimate of drug-likeness (QED) is 0.159. The van der Waals surface area contributed by atoms with Gasteiger partial charge in [0.2, 0.25) is 0 Å². The molecule has 1 aromatic heterocycles. The predicted molar refractivity (Wildman–Crippen MR) is 179 cm³/mol. The zero-order valence-corrected chi connectivity index (χ0v) is 25.1. The fourth-order valence-electron chi connectivity index (χ4n) is 6.29. The molecule has 4 heteroatoms. The van der Waals surface area contributed by atoms with Gasteiger partial charge >= 0.3 is 7.12 Å². The van der Waals surface area contributed by atoms with E-state index in [1.807, 2.05) is 26.0 Å². The number of furan rings is 1. The molecular weight excluding hydrogens is 515 g/mol. The van der Waals surface area contributed by atoms with Crippen LogP contribution in [0.3, 0.4) is 0 Å². The highest BCUT2D eigenvalue weighted by Crippen LogP contribution is 2.40. The smallest absolute Gasteiger partial charge is 0.456 e. The summed E-state index contributed by atoms with van der Waals surface area (Å²) < 4.78 is 19.2. The van der Waals surface area contributed by atoms with Crippen molar-refractivity contribution in [3.8, 4) is 11.1 Å². The molecule has 1 fully saturated rings. The fraction of sp³-hybridized carbons (Fsp3) is 0.211. The van der Waals surface area contributed by atoms with Crippen LogP contribution in [0.15, 0.2) is 108 Å². The molecule has 8 rings (SSSR count). The van der Waals surface area contributed by atoms with Crippen LogP contribution in [0, 0.1) is 0 Å². The number of hydrogen-bond acceptors (Lipinski definition) is 3. The summed E-state index contributed by atoms with van der Waals surface area (Å²) in [5.74, 6) is 0. The van der Waals surface area contributed by atoms with E-state index < -0.39 is 18.3 Å². The van der Waals surface area contributed by atoms with Crippen LogP contribution in [0.2, 0.25) is 0 Å². The molecule has 3 nitrogen and oxygen atoms in total. The Morgan fingerprint density at radius 3 is 1.57 bits per heavy atom. The third-order valence-electron chi connectivity index (χ3n) is 9.11. The summed E-state index contributed by atoms with van der Waals surface area (Å²) >= 11 is 0. The van der Waals surface area contributed by atoms with Gasteiger partial charge in [0.1, 0.15) is 11.2 Å². The highest BCUT2D eigenvalue weighted by Gasteiger charge is 2.52. The maximum Gasteiger partial charge on any atom is 0.495 e. The molecule has 0 aliphatic carbocycles. The van der Waals surface area contributed by atoms with Gasteiger partial charge < -0.3 is 13.7 Å². The lowest BCUT2D eigenvalue weighted by Crippen LogP contribution is -2.41. The van der Waals surface area contributed by atoms with Crippen LogP contribution in [-0.2, 0) is 9.31 Å². The van der Waals surface area contributed by atoms with Gasteiger partial charge in [-0.05, 0) is 101 Å². The molecule has 6 aromatic carbocycles. The molecule has 0 saturated carbocycles. The average Bonchev–Trinajstić information content (AvgIpc) is 3.50. The van der Waals surface area contributed by atoms with Gasteiger partial charge in [-0.15, -0.1) is 0 Å². The Labute approximate surface area is 247 Å². The maximum absolute atomic E-state index is 6.45. The van der Waals surface area contributed by atoms with Gasteiger partial charge in [-0.3, -0.25) is 0 Å². The van der Waals surface area contributed by atoms with Crippen molar-refractivity contribution in [1.29, 1.82) is 0 Å². The van der Waals surface area contributed by atoms with E-state index in [2.05, 4.69) is 119 Å². The van der Waals surface area contributed by atoms with Crippen molar-refractivity contribution in [1.82, 2.24) is 0 Å².